The van der Waals surface area contributed by atoms with Crippen molar-refractivity contribution in [1.29, 1.82) is 0 Å². The molecule has 3 amide bonds. The second kappa shape index (κ2) is 12.2. The minimum atomic E-state index is -0.940. The summed E-state index contributed by atoms with van der Waals surface area (Å²) in [5.41, 5.74) is 2.15. The Morgan fingerprint density at radius 2 is 1.76 bits per heavy atom. The highest BCUT2D eigenvalue weighted by Gasteiger charge is 2.46. The lowest BCUT2D eigenvalue weighted by Crippen LogP contribution is -2.47. The number of benzene rings is 3. The maximum Gasteiger partial charge on any atom is 0.411 e. The van der Waals surface area contributed by atoms with E-state index in [2.05, 4.69) is 10.6 Å². The molecule has 0 radical (unpaired) electrons. The van der Waals surface area contributed by atoms with Gasteiger partial charge in [0, 0.05) is 24.9 Å². The van der Waals surface area contributed by atoms with E-state index in [0.717, 1.165) is 5.56 Å². The first-order valence-electron chi connectivity index (χ1n) is 11.9. The van der Waals surface area contributed by atoms with Gasteiger partial charge in [-0.3, -0.25) is 14.5 Å². The number of nitrogens with one attached hydrogen (secondary N) is 2. The van der Waals surface area contributed by atoms with E-state index in [1.807, 2.05) is 6.07 Å². The highest BCUT2D eigenvalue weighted by atomic mass is 19.1. The molecule has 2 unspecified atom stereocenters. The van der Waals surface area contributed by atoms with Gasteiger partial charge in [0.25, 0.3) is 5.91 Å². The van der Waals surface area contributed by atoms with E-state index in [-0.39, 0.29) is 19.0 Å². The molecular formula is C28H28FN3O6. The molecule has 2 atom stereocenters. The third kappa shape index (κ3) is 6.27. The molecule has 1 fully saturated rings. The SMILES string of the molecule is COCCNC(=O)C1C(c2ccc(NC(=O)c3ccc(F)cc3)cc2)OC(=O)N1Cc1cccc(OC)c1. The third-order valence-corrected chi connectivity index (χ3v) is 6.05. The van der Waals surface area contributed by atoms with Gasteiger partial charge in [-0.25, -0.2) is 9.18 Å². The number of anilines is 1. The molecule has 3 aromatic carbocycles. The molecule has 3 aromatic rings. The van der Waals surface area contributed by atoms with Gasteiger partial charge in [0.05, 0.1) is 20.3 Å². The second-order valence-corrected chi connectivity index (χ2v) is 8.60. The van der Waals surface area contributed by atoms with E-state index in [1.54, 1.807) is 49.6 Å². The van der Waals surface area contributed by atoms with Gasteiger partial charge < -0.3 is 24.8 Å². The average Bonchev–Trinajstić information content (AvgIpc) is 3.25. The van der Waals surface area contributed by atoms with E-state index >= 15 is 0 Å². The van der Waals surface area contributed by atoms with Crippen molar-refractivity contribution in [2.75, 3.05) is 32.7 Å². The van der Waals surface area contributed by atoms with Crippen LogP contribution in [0.15, 0.2) is 72.8 Å². The van der Waals surface area contributed by atoms with E-state index in [4.69, 9.17) is 14.2 Å². The summed E-state index contributed by atoms with van der Waals surface area (Å²) in [6.07, 6.45) is -1.50. The lowest BCUT2D eigenvalue weighted by molar-refractivity contribution is -0.126. The van der Waals surface area contributed by atoms with Gasteiger partial charge in [0.2, 0.25) is 5.91 Å². The molecule has 9 nitrogen and oxygen atoms in total. The zero-order chi connectivity index (χ0) is 27.1. The molecule has 0 aliphatic carbocycles. The van der Waals surface area contributed by atoms with Crippen LogP contribution in [0.3, 0.4) is 0 Å². The Hall–Kier alpha value is -4.44. The maximum atomic E-state index is 13.2. The predicted octanol–water partition coefficient (Wildman–Crippen LogP) is 3.91. The number of halogens is 1. The molecule has 10 heteroatoms. The first-order chi connectivity index (χ1) is 18.4. The normalized spacial score (nSPS) is 16.6. The molecule has 2 N–H and O–H groups in total. The number of hydrogen-bond acceptors (Lipinski definition) is 6. The summed E-state index contributed by atoms with van der Waals surface area (Å²) < 4.78 is 29.1. The summed E-state index contributed by atoms with van der Waals surface area (Å²) in [6.45, 7) is 0.727. The third-order valence-electron chi connectivity index (χ3n) is 6.05. The smallest absolute Gasteiger partial charge is 0.411 e. The number of cyclic esters (lactones) is 1. The van der Waals surface area contributed by atoms with Crippen molar-refractivity contribution in [3.05, 3.63) is 95.3 Å². The number of nitrogens with zero attached hydrogens (tertiary/aromatic N) is 1. The fourth-order valence-electron chi connectivity index (χ4n) is 4.12. The van der Waals surface area contributed by atoms with Crippen LogP contribution < -0.4 is 15.4 Å². The largest absolute Gasteiger partial charge is 0.497 e. The second-order valence-electron chi connectivity index (χ2n) is 8.60. The summed E-state index contributed by atoms with van der Waals surface area (Å²) in [4.78, 5) is 40.0. The van der Waals surface area contributed by atoms with Gasteiger partial charge in [0.15, 0.2) is 12.1 Å². The van der Waals surface area contributed by atoms with Gasteiger partial charge in [-0.05, 0) is 59.7 Å². The molecule has 198 valence electrons. The van der Waals surface area contributed by atoms with Gasteiger partial charge in [0.1, 0.15) is 11.6 Å². The lowest BCUT2D eigenvalue weighted by atomic mass is 10.00. The quantitative estimate of drug-likeness (QED) is 0.392. The van der Waals surface area contributed by atoms with Gasteiger partial charge in [-0.1, -0.05) is 24.3 Å². The minimum absolute atomic E-state index is 0.140. The Morgan fingerprint density at radius 3 is 2.45 bits per heavy atom. The Morgan fingerprint density at radius 1 is 1.03 bits per heavy atom. The minimum Gasteiger partial charge on any atom is -0.497 e. The van der Waals surface area contributed by atoms with Gasteiger partial charge >= 0.3 is 6.09 Å². The van der Waals surface area contributed by atoms with Crippen LogP contribution in [0.25, 0.3) is 0 Å². The summed E-state index contributed by atoms with van der Waals surface area (Å²) in [5, 5.41) is 5.54. The predicted molar refractivity (Wildman–Crippen MR) is 137 cm³/mol. The van der Waals surface area contributed by atoms with Crippen molar-refractivity contribution in [2.24, 2.45) is 0 Å². The van der Waals surface area contributed by atoms with E-state index in [1.165, 1.54) is 36.3 Å². The van der Waals surface area contributed by atoms with Crippen LogP contribution in [-0.2, 0) is 20.8 Å². The highest BCUT2D eigenvalue weighted by molar-refractivity contribution is 6.04. The maximum absolute atomic E-state index is 13.2. The monoisotopic (exact) mass is 521 g/mol. The molecule has 0 bridgehead atoms. The van der Waals surface area contributed by atoms with Gasteiger partial charge in [-0.15, -0.1) is 0 Å². The molecule has 1 heterocycles. The zero-order valence-corrected chi connectivity index (χ0v) is 21.0. The van der Waals surface area contributed by atoms with Crippen molar-refractivity contribution in [3.8, 4) is 5.75 Å². The van der Waals surface area contributed by atoms with Crippen LogP contribution in [0, 0.1) is 5.82 Å². The van der Waals surface area contributed by atoms with Gasteiger partial charge in [-0.2, -0.15) is 0 Å². The molecule has 1 aliphatic heterocycles. The molecule has 0 saturated carbocycles. The van der Waals surface area contributed by atoms with E-state index in [9.17, 15) is 18.8 Å². The molecular weight excluding hydrogens is 493 g/mol. The number of amides is 3. The number of carbonyl (C=O) groups excluding carboxylic acids is 3. The number of rotatable bonds is 10. The van der Waals surface area contributed by atoms with Crippen molar-refractivity contribution in [3.63, 3.8) is 0 Å². The zero-order valence-electron chi connectivity index (χ0n) is 21.0. The van der Waals surface area contributed by atoms with Crippen molar-refractivity contribution in [2.45, 2.75) is 18.7 Å². The molecule has 1 aliphatic rings. The molecule has 4 rings (SSSR count). The lowest BCUT2D eigenvalue weighted by Gasteiger charge is -2.24. The number of carbonyl (C=O) groups is 3. The number of ether oxygens (including phenoxy) is 3. The van der Waals surface area contributed by atoms with Crippen molar-refractivity contribution >= 4 is 23.6 Å². The summed E-state index contributed by atoms with van der Waals surface area (Å²) in [7, 11) is 3.08. The molecule has 0 spiro atoms. The Bertz CT molecular complexity index is 1280. The Balaban J connectivity index is 1.54. The number of hydrogen-bond donors (Lipinski definition) is 2. The van der Waals surface area contributed by atoms with E-state index in [0.29, 0.717) is 29.2 Å². The summed E-state index contributed by atoms with van der Waals surface area (Å²) in [5.74, 6) is -0.580. The topological polar surface area (TPSA) is 106 Å². The first-order valence-corrected chi connectivity index (χ1v) is 11.9. The fourth-order valence-corrected chi connectivity index (χ4v) is 4.12. The standard InChI is InChI=1S/C28H28FN3O6/c1-36-15-14-30-27(34)24-25(38-28(35)32(24)17-18-4-3-5-23(16-18)37-2)19-8-12-22(13-9-19)31-26(33)20-6-10-21(29)11-7-20/h3-13,16,24-25H,14-15,17H2,1-2H3,(H,30,34)(H,31,33). The molecule has 1 saturated heterocycles. The fraction of sp³-hybridized carbons (Fsp3) is 0.250. The van der Waals surface area contributed by atoms with Crippen LogP contribution in [-0.4, -0.2) is 56.2 Å². The summed E-state index contributed by atoms with van der Waals surface area (Å²) >= 11 is 0. The van der Waals surface area contributed by atoms with Crippen LogP contribution in [0.4, 0.5) is 14.9 Å². The number of methoxy groups -OCH3 is 2. The van der Waals surface area contributed by atoms with Crippen LogP contribution >= 0.6 is 0 Å². The average molecular weight is 522 g/mol. The highest BCUT2D eigenvalue weighted by Crippen LogP contribution is 2.35. The molecule has 0 aromatic heterocycles. The van der Waals surface area contributed by atoms with Crippen LogP contribution in [0.1, 0.15) is 27.6 Å². The Kier molecular flexibility index (Phi) is 8.55. The van der Waals surface area contributed by atoms with E-state index < -0.39 is 30.0 Å². The van der Waals surface area contributed by atoms with Crippen molar-refractivity contribution in [1.82, 2.24) is 10.2 Å². The van der Waals surface area contributed by atoms with Crippen LogP contribution in [0.5, 0.6) is 5.75 Å². The van der Waals surface area contributed by atoms with Crippen molar-refractivity contribution < 1.29 is 33.0 Å². The van der Waals surface area contributed by atoms with Crippen LogP contribution in [0.2, 0.25) is 0 Å². The first kappa shape index (κ1) is 26.6. The summed E-state index contributed by atoms with van der Waals surface area (Å²) in [6, 6.07) is 18.1. The molecule has 38 heavy (non-hydrogen) atoms. The Labute approximate surface area is 219 Å².